The molecule has 3 heterocycles. The van der Waals surface area contributed by atoms with Crippen LogP contribution in [0.2, 0.25) is 0 Å². The van der Waals surface area contributed by atoms with Gasteiger partial charge in [0.1, 0.15) is 5.75 Å². The summed E-state index contributed by atoms with van der Waals surface area (Å²) in [4.78, 5) is 21.9. The SMILES string of the molecule is COc1ccc(CN2CCCC3(CCN(Cc4cccnc4)C3=O)C2)cc1. The highest BCUT2D eigenvalue weighted by molar-refractivity contribution is 5.85. The Labute approximate surface area is 161 Å². The molecule has 2 fully saturated rings. The summed E-state index contributed by atoms with van der Waals surface area (Å²) < 4.78 is 5.24. The Bertz CT molecular complexity index is 778. The Morgan fingerprint density at radius 1 is 1.07 bits per heavy atom. The highest BCUT2D eigenvalue weighted by atomic mass is 16.5. The van der Waals surface area contributed by atoms with Gasteiger partial charge in [-0.2, -0.15) is 0 Å². The van der Waals surface area contributed by atoms with Crippen molar-refractivity contribution < 1.29 is 9.53 Å². The van der Waals surface area contributed by atoms with Crippen molar-refractivity contribution in [1.29, 1.82) is 0 Å². The lowest BCUT2D eigenvalue weighted by atomic mass is 9.78. The van der Waals surface area contributed by atoms with E-state index in [2.05, 4.69) is 22.0 Å². The Balaban J connectivity index is 1.41. The smallest absolute Gasteiger partial charge is 0.230 e. The molecule has 0 N–H and O–H groups in total. The molecule has 1 amide bonds. The molecule has 0 radical (unpaired) electrons. The van der Waals surface area contributed by atoms with Crippen LogP contribution in [-0.4, -0.2) is 47.4 Å². The van der Waals surface area contributed by atoms with E-state index < -0.39 is 0 Å². The summed E-state index contributed by atoms with van der Waals surface area (Å²) in [6, 6.07) is 12.2. The first-order valence-corrected chi connectivity index (χ1v) is 9.72. The Kier molecular flexibility index (Phi) is 5.12. The molecule has 2 aliphatic heterocycles. The minimum atomic E-state index is -0.201. The van der Waals surface area contributed by atoms with E-state index in [1.807, 2.05) is 35.4 Å². The quantitative estimate of drug-likeness (QED) is 0.817. The lowest BCUT2D eigenvalue weighted by molar-refractivity contribution is -0.139. The van der Waals surface area contributed by atoms with Crippen molar-refractivity contribution in [2.45, 2.75) is 32.4 Å². The van der Waals surface area contributed by atoms with Crippen molar-refractivity contribution >= 4 is 5.91 Å². The number of hydrogen-bond donors (Lipinski definition) is 0. The van der Waals surface area contributed by atoms with Crippen molar-refractivity contribution in [3.63, 3.8) is 0 Å². The minimum Gasteiger partial charge on any atom is -0.497 e. The number of methoxy groups -OCH3 is 1. The molecule has 2 aliphatic rings. The zero-order valence-corrected chi connectivity index (χ0v) is 15.9. The monoisotopic (exact) mass is 365 g/mol. The van der Waals surface area contributed by atoms with Crippen molar-refractivity contribution in [3.05, 3.63) is 59.9 Å². The van der Waals surface area contributed by atoms with Crippen molar-refractivity contribution in [2.75, 3.05) is 26.7 Å². The molecule has 142 valence electrons. The first kappa shape index (κ1) is 18.0. The van der Waals surface area contributed by atoms with Crippen molar-refractivity contribution in [1.82, 2.24) is 14.8 Å². The number of nitrogens with zero attached hydrogens (tertiary/aromatic N) is 3. The highest BCUT2D eigenvalue weighted by Crippen LogP contribution is 2.41. The van der Waals surface area contributed by atoms with Gasteiger partial charge in [0, 0.05) is 38.6 Å². The fourth-order valence-corrected chi connectivity index (χ4v) is 4.49. The number of rotatable bonds is 5. The van der Waals surface area contributed by atoms with Gasteiger partial charge in [-0.05, 0) is 55.1 Å². The highest BCUT2D eigenvalue weighted by Gasteiger charge is 2.48. The largest absolute Gasteiger partial charge is 0.497 e. The molecule has 27 heavy (non-hydrogen) atoms. The second kappa shape index (κ2) is 7.69. The van der Waals surface area contributed by atoms with E-state index in [1.54, 1.807) is 13.3 Å². The molecule has 2 aromatic rings. The molecule has 1 aromatic carbocycles. The van der Waals surface area contributed by atoms with Crippen molar-refractivity contribution in [3.8, 4) is 5.75 Å². The predicted molar refractivity (Wildman–Crippen MR) is 104 cm³/mol. The number of aromatic nitrogens is 1. The Morgan fingerprint density at radius 2 is 1.93 bits per heavy atom. The molecular formula is C22H27N3O2. The molecule has 1 atom stereocenters. The topological polar surface area (TPSA) is 45.7 Å². The van der Waals surface area contributed by atoms with Gasteiger partial charge in [0.25, 0.3) is 0 Å². The maximum absolute atomic E-state index is 13.2. The minimum absolute atomic E-state index is 0.201. The van der Waals surface area contributed by atoms with Crippen LogP contribution in [0.25, 0.3) is 0 Å². The molecule has 1 aromatic heterocycles. The van der Waals surface area contributed by atoms with E-state index in [9.17, 15) is 4.79 Å². The van der Waals surface area contributed by atoms with Crippen LogP contribution in [0.3, 0.4) is 0 Å². The van der Waals surface area contributed by atoms with E-state index in [0.29, 0.717) is 12.5 Å². The van der Waals surface area contributed by atoms with Gasteiger partial charge in [0.2, 0.25) is 5.91 Å². The Hall–Kier alpha value is -2.40. The molecule has 1 unspecified atom stereocenters. The predicted octanol–water partition coefficient (Wildman–Crippen LogP) is 3.10. The normalized spacial score (nSPS) is 23.1. The van der Waals surface area contributed by atoms with Crippen LogP contribution in [0.15, 0.2) is 48.8 Å². The molecule has 5 heteroatoms. The second-order valence-corrected chi connectivity index (χ2v) is 7.78. The van der Waals surface area contributed by atoms with Gasteiger partial charge < -0.3 is 9.64 Å². The van der Waals surface area contributed by atoms with Gasteiger partial charge in [0.05, 0.1) is 12.5 Å². The molecule has 4 rings (SSSR count). The van der Waals surface area contributed by atoms with E-state index in [4.69, 9.17) is 4.74 Å². The summed E-state index contributed by atoms with van der Waals surface area (Å²) in [6.07, 6.45) is 6.69. The maximum Gasteiger partial charge on any atom is 0.230 e. The molecule has 1 spiro atoms. The number of carbonyl (C=O) groups excluding carboxylic acids is 1. The van der Waals surface area contributed by atoms with Crippen LogP contribution >= 0.6 is 0 Å². The number of likely N-dealkylation sites (tertiary alicyclic amines) is 2. The molecule has 0 saturated carbocycles. The summed E-state index contributed by atoms with van der Waals surface area (Å²) in [5.41, 5.74) is 2.17. The number of piperidine rings is 1. The summed E-state index contributed by atoms with van der Waals surface area (Å²) >= 11 is 0. The third-order valence-electron chi connectivity index (χ3n) is 5.92. The van der Waals surface area contributed by atoms with Gasteiger partial charge in [-0.15, -0.1) is 0 Å². The van der Waals surface area contributed by atoms with Gasteiger partial charge in [-0.3, -0.25) is 14.7 Å². The maximum atomic E-state index is 13.2. The van der Waals surface area contributed by atoms with E-state index in [1.165, 1.54) is 5.56 Å². The fraction of sp³-hybridized carbons (Fsp3) is 0.455. The number of amides is 1. The molecule has 0 aliphatic carbocycles. The van der Waals surface area contributed by atoms with Crippen LogP contribution in [0, 0.1) is 5.41 Å². The number of pyridine rings is 1. The van der Waals surface area contributed by atoms with Crippen LogP contribution in [0.4, 0.5) is 0 Å². The van der Waals surface area contributed by atoms with E-state index in [0.717, 1.165) is 56.8 Å². The van der Waals surface area contributed by atoms with Crippen LogP contribution in [0.1, 0.15) is 30.4 Å². The number of benzene rings is 1. The van der Waals surface area contributed by atoms with Crippen LogP contribution in [0.5, 0.6) is 5.75 Å². The van der Waals surface area contributed by atoms with Crippen molar-refractivity contribution in [2.24, 2.45) is 5.41 Å². The molecule has 0 bridgehead atoms. The third kappa shape index (κ3) is 3.83. The average molecular weight is 365 g/mol. The van der Waals surface area contributed by atoms with Gasteiger partial charge in [-0.25, -0.2) is 0 Å². The molecule has 5 nitrogen and oxygen atoms in total. The average Bonchev–Trinajstić information content (AvgIpc) is 2.99. The van der Waals surface area contributed by atoms with Crippen LogP contribution in [-0.2, 0) is 17.9 Å². The summed E-state index contributed by atoms with van der Waals surface area (Å²) in [7, 11) is 1.69. The standard InChI is InChI=1S/C22H27N3O2/c1-27-20-7-5-18(6-8-20)15-24-12-3-9-22(17-24)10-13-25(21(22)26)16-19-4-2-11-23-14-19/h2,4-8,11,14H,3,9-10,12-13,15-17H2,1H3. The summed E-state index contributed by atoms with van der Waals surface area (Å²) in [5.74, 6) is 1.21. The Morgan fingerprint density at radius 3 is 2.67 bits per heavy atom. The lowest BCUT2D eigenvalue weighted by Gasteiger charge is -2.39. The van der Waals surface area contributed by atoms with E-state index in [-0.39, 0.29) is 5.41 Å². The number of ether oxygens (including phenoxy) is 1. The summed E-state index contributed by atoms with van der Waals surface area (Å²) in [5, 5.41) is 0. The second-order valence-electron chi connectivity index (χ2n) is 7.78. The first-order chi connectivity index (χ1) is 13.2. The van der Waals surface area contributed by atoms with Gasteiger partial charge >= 0.3 is 0 Å². The zero-order valence-electron chi connectivity index (χ0n) is 15.9. The molecule has 2 saturated heterocycles. The van der Waals surface area contributed by atoms with E-state index >= 15 is 0 Å². The third-order valence-corrected chi connectivity index (χ3v) is 5.92. The fourth-order valence-electron chi connectivity index (χ4n) is 4.49. The number of carbonyl (C=O) groups is 1. The van der Waals surface area contributed by atoms with Crippen LogP contribution < -0.4 is 4.74 Å². The first-order valence-electron chi connectivity index (χ1n) is 9.72. The van der Waals surface area contributed by atoms with Gasteiger partial charge in [0.15, 0.2) is 0 Å². The van der Waals surface area contributed by atoms with Gasteiger partial charge in [-0.1, -0.05) is 18.2 Å². The zero-order chi connectivity index (χ0) is 18.7. The number of hydrogen-bond acceptors (Lipinski definition) is 4. The summed E-state index contributed by atoms with van der Waals surface area (Å²) in [6.45, 7) is 4.34. The molecular weight excluding hydrogens is 338 g/mol. The lowest BCUT2D eigenvalue weighted by Crippen LogP contribution is -2.47.